The topological polar surface area (TPSA) is 120 Å². The van der Waals surface area contributed by atoms with Gasteiger partial charge in [0, 0.05) is 42.0 Å². The fraction of sp³-hybridized carbons (Fsp3) is 0.160. The van der Waals surface area contributed by atoms with E-state index >= 15 is 0 Å². The van der Waals surface area contributed by atoms with E-state index in [9.17, 15) is 18.8 Å². The van der Waals surface area contributed by atoms with Crippen molar-refractivity contribution in [1.82, 2.24) is 19.3 Å². The van der Waals surface area contributed by atoms with Crippen LogP contribution in [0.4, 0.5) is 15.9 Å². The van der Waals surface area contributed by atoms with E-state index in [1.807, 2.05) is 0 Å². The molecular weight excluding hydrogens is 538 g/mol. The number of hydrogen-bond acceptors (Lipinski definition) is 6. The molecule has 0 saturated heterocycles. The molecule has 0 bridgehead atoms. The summed E-state index contributed by atoms with van der Waals surface area (Å²) in [5.41, 5.74) is -0.257. The lowest BCUT2D eigenvalue weighted by Crippen LogP contribution is -2.24. The SMILES string of the molecule is Cn1c(C(=O)Nc2ccc(Oc3ccnc(NC(=O)C4CC4)c3)c(F)c2)nn(-c2ccc(Cl)cc2Cl)c1=O. The molecule has 0 unspecified atom stereocenters. The molecule has 2 aromatic carbocycles. The first kappa shape index (κ1) is 25.4. The minimum Gasteiger partial charge on any atom is -0.454 e. The van der Waals surface area contributed by atoms with Gasteiger partial charge in [-0.1, -0.05) is 23.2 Å². The molecule has 0 aliphatic heterocycles. The number of nitrogens with zero attached hydrogens (tertiary/aromatic N) is 4. The third kappa shape index (κ3) is 5.38. The molecule has 0 spiro atoms. The van der Waals surface area contributed by atoms with Gasteiger partial charge in [-0.3, -0.25) is 14.2 Å². The van der Waals surface area contributed by atoms with Crippen LogP contribution < -0.4 is 21.1 Å². The molecule has 38 heavy (non-hydrogen) atoms. The van der Waals surface area contributed by atoms with Gasteiger partial charge in [-0.25, -0.2) is 14.2 Å². The van der Waals surface area contributed by atoms with Crippen molar-refractivity contribution in [2.75, 3.05) is 10.6 Å². The van der Waals surface area contributed by atoms with Crippen molar-refractivity contribution in [2.45, 2.75) is 12.8 Å². The van der Waals surface area contributed by atoms with E-state index in [1.165, 1.54) is 55.7 Å². The molecule has 1 aliphatic carbocycles. The van der Waals surface area contributed by atoms with Crippen LogP contribution in [0.1, 0.15) is 23.5 Å². The Labute approximate surface area is 225 Å². The van der Waals surface area contributed by atoms with Gasteiger partial charge in [0.05, 0.1) is 10.7 Å². The normalized spacial score (nSPS) is 12.7. The number of halogens is 3. The quantitative estimate of drug-likeness (QED) is 0.337. The van der Waals surface area contributed by atoms with Gasteiger partial charge in [-0.15, -0.1) is 5.10 Å². The molecule has 1 aliphatic rings. The maximum absolute atomic E-state index is 14.8. The first-order chi connectivity index (χ1) is 18.2. The van der Waals surface area contributed by atoms with Crippen molar-refractivity contribution in [3.05, 3.63) is 86.9 Å². The van der Waals surface area contributed by atoms with E-state index in [4.69, 9.17) is 27.9 Å². The molecule has 5 rings (SSSR count). The van der Waals surface area contributed by atoms with Crippen molar-refractivity contribution < 1.29 is 18.7 Å². The van der Waals surface area contributed by atoms with Crippen LogP contribution in [0.15, 0.2) is 59.5 Å². The van der Waals surface area contributed by atoms with E-state index in [0.717, 1.165) is 28.2 Å². The average Bonchev–Trinajstić information content (AvgIpc) is 3.68. The molecule has 13 heteroatoms. The number of benzene rings is 2. The number of hydrogen-bond donors (Lipinski definition) is 2. The third-order valence-electron chi connectivity index (χ3n) is 5.67. The summed E-state index contributed by atoms with van der Waals surface area (Å²) in [6.07, 6.45) is 3.14. The molecule has 2 aromatic heterocycles. The molecule has 2 heterocycles. The highest BCUT2D eigenvalue weighted by atomic mass is 35.5. The Bertz CT molecular complexity index is 1630. The fourth-order valence-electron chi connectivity index (χ4n) is 3.54. The van der Waals surface area contributed by atoms with Gasteiger partial charge >= 0.3 is 5.69 Å². The van der Waals surface area contributed by atoms with Crippen LogP contribution in [0.2, 0.25) is 10.0 Å². The van der Waals surface area contributed by atoms with Gasteiger partial charge in [0.2, 0.25) is 11.7 Å². The first-order valence-electron chi connectivity index (χ1n) is 11.4. The van der Waals surface area contributed by atoms with Gasteiger partial charge in [0.1, 0.15) is 11.6 Å². The lowest BCUT2D eigenvalue weighted by molar-refractivity contribution is -0.117. The van der Waals surface area contributed by atoms with Crippen molar-refractivity contribution in [3.8, 4) is 17.2 Å². The molecule has 4 aromatic rings. The van der Waals surface area contributed by atoms with Gasteiger partial charge in [0.25, 0.3) is 5.91 Å². The largest absolute Gasteiger partial charge is 0.454 e. The smallest absolute Gasteiger partial charge is 0.350 e. The summed E-state index contributed by atoms with van der Waals surface area (Å²) in [5, 5.41) is 9.84. The van der Waals surface area contributed by atoms with Crippen molar-refractivity contribution >= 4 is 46.5 Å². The number of carbonyl (C=O) groups excluding carboxylic acids is 2. The van der Waals surface area contributed by atoms with Gasteiger partial charge in [0.15, 0.2) is 11.6 Å². The van der Waals surface area contributed by atoms with E-state index in [1.54, 1.807) is 0 Å². The van der Waals surface area contributed by atoms with Crippen LogP contribution in [-0.2, 0) is 11.8 Å². The standard InChI is InChI=1S/C25H19Cl2FN6O4/c1-33-22(32-34(25(33)37)19-6-4-14(26)10-17(19)27)24(36)30-15-5-7-20(18(28)11-15)38-16-8-9-29-21(12-16)31-23(35)13-2-3-13/h4-13H,2-3H2,1H3,(H,30,36)(H,29,31,35). The maximum atomic E-state index is 14.8. The molecule has 194 valence electrons. The van der Waals surface area contributed by atoms with Crippen LogP contribution in [0.5, 0.6) is 11.5 Å². The summed E-state index contributed by atoms with van der Waals surface area (Å²) in [4.78, 5) is 41.5. The molecule has 1 fully saturated rings. The summed E-state index contributed by atoms with van der Waals surface area (Å²) in [5.74, 6) is -1.37. The lowest BCUT2D eigenvalue weighted by atomic mass is 10.2. The van der Waals surface area contributed by atoms with Crippen molar-refractivity contribution in [3.63, 3.8) is 0 Å². The number of ether oxygens (including phenoxy) is 1. The van der Waals surface area contributed by atoms with Crippen LogP contribution in [0.3, 0.4) is 0 Å². The van der Waals surface area contributed by atoms with Gasteiger partial charge in [-0.2, -0.15) is 4.68 Å². The summed E-state index contributed by atoms with van der Waals surface area (Å²) >= 11 is 12.1. The Kier molecular flexibility index (Phi) is 6.87. The van der Waals surface area contributed by atoms with Crippen LogP contribution in [0.25, 0.3) is 5.69 Å². The number of pyridine rings is 1. The zero-order valence-corrected chi connectivity index (χ0v) is 21.3. The highest BCUT2D eigenvalue weighted by Gasteiger charge is 2.29. The minimum atomic E-state index is -0.754. The number of nitrogens with one attached hydrogen (secondary N) is 2. The molecule has 1 saturated carbocycles. The Balaban J connectivity index is 1.30. The maximum Gasteiger partial charge on any atom is 0.350 e. The molecule has 0 atom stereocenters. The third-order valence-corrected chi connectivity index (χ3v) is 6.21. The fourth-order valence-corrected chi connectivity index (χ4v) is 4.03. The Morgan fingerprint density at radius 3 is 2.58 bits per heavy atom. The number of carbonyl (C=O) groups is 2. The second kappa shape index (κ2) is 10.3. The number of amides is 2. The highest BCUT2D eigenvalue weighted by molar-refractivity contribution is 6.35. The van der Waals surface area contributed by atoms with E-state index < -0.39 is 17.4 Å². The molecule has 2 amide bonds. The van der Waals surface area contributed by atoms with Gasteiger partial charge < -0.3 is 15.4 Å². The van der Waals surface area contributed by atoms with E-state index in [-0.39, 0.29) is 45.5 Å². The summed E-state index contributed by atoms with van der Waals surface area (Å²) < 4.78 is 22.4. The minimum absolute atomic E-state index is 0.00740. The zero-order valence-electron chi connectivity index (χ0n) is 19.7. The van der Waals surface area contributed by atoms with Gasteiger partial charge in [-0.05, 0) is 49.2 Å². The Morgan fingerprint density at radius 2 is 1.87 bits per heavy atom. The summed E-state index contributed by atoms with van der Waals surface area (Å²) in [6.45, 7) is 0. The van der Waals surface area contributed by atoms with Crippen LogP contribution in [-0.4, -0.2) is 31.1 Å². The van der Waals surface area contributed by atoms with Crippen molar-refractivity contribution in [2.24, 2.45) is 13.0 Å². The molecule has 10 nitrogen and oxygen atoms in total. The summed E-state index contributed by atoms with van der Waals surface area (Å²) in [7, 11) is 1.37. The Morgan fingerprint density at radius 1 is 1.08 bits per heavy atom. The predicted octanol–water partition coefficient (Wildman–Crippen LogP) is 4.81. The second-order valence-electron chi connectivity index (χ2n) is 8.51. The van der Waals surface area contributed by atoms with Crippen LogP contribution >= 0.6 is 23.2 Å². The number of aromatic nitrogens is 4. The second-order valence-corrected chi connectivity index (χ2v) is 9.36. The zero-order chi connectivity index (χ0) is 27.0. The molecule has 0 radical (unpaired) electrons. The monoisotopic (exact) mass is 556 g/mol. The number of rotatable bonds is 7. The average molecular weight is 557 g/mol. The van der Waals surface area contributed by atoms with Crippen LogP contribution in [0, 0.1) is 11.7 Å². The molecular formula is C25H19Cl2FN6O4. The molecule has 2 N–H and O–H groups in total. The Hall–Kier alpha value is -4.22. The van der Waals surface area contributed by atoms with E-state index in [2.05, 4.69) is 20.7 Å². The first-order valence-corrected chi connectivity index (χ1v) is 12.1. The highest BCUT2D eigenvalue weighted by Crippen LogP contribution is 2.31. The van der Waals surface area contributed by atoms with Crippen molar-refractivity contribution in [1.29, 1.82) is 0 Å². The number of anilines is 2. The summed E-state index contributed by atoms with van der Waals surface area (Å²) in [6, 6.07) is 11.3. The van der Waals surface area contributed by atoms with E-state index in [0.29, 0.717) is 10.8 Å². The lowest BCUT2D eigenvalue weighted by Gasteiger charge is -2.10. The predicted molar refractivity (Wildman–Crippen MR) is 139 cm³/mol.